The van der Waals surface area contributed by atoms with Gasteiger partial charge >= 0.3 is 0 Å². The second-order valence-corrected chi connectivity index (χ2v) is 5.28. The van der Waals surface area contributed by atoms with Crippen molar-refractivity contribution in [3.05, 3.63) is 29.8 Å². The summed E-state index contributed by atoms with van der Waals surface area (Å²) in [5.41, 5.74) is 1.48. The van der Waals surface area contributed by atoms with Crippen LogP contribution in [0.25, 0.3) is 0 Å². The van der Waals surface area contributed by atoms with Gasteiger partial charge in [0.25, 0.3) is 0 Å². The molecule has 1 aliphatic rings. The number of nitriles is 1. The van der Waals surface area contributed by atoms with E-state index in [4.69, 9.17) is 5.26 Å². The molecule has 0 fully saturated rings. The van der Waals surface area contributed by atoms with E-state index in [1.165, 1.54) is 16.2 Å². The van der Waals surface area contributed by atoms with E-state index in [0.717, 1.165) is 13.1 Å². The molecule has 0 amide bonds. The lowest BCUT2D eigenvalue weighted by Gasteiger charge is -2.19. The molecule has 1 atom stereocenters. The monoisotopic (exact) mass is 232 g/mol. The Morgan fingerprint density at radius 2 is 2.31 bits per heavy atom. The highest BCUT2D eigenvalue weighted by molar-refractivity contribution is 7.99. The first-order valence-electron chi connectivity index (χ1n) is 5.58. The number of hydrogen-bond donors (Lipinski definition) is 0. The molecule has 1 heterocycles. The summed E-state index contributed by atoms with van der Waals surface area (Å²) in [7, 11) is 2.10. The van der Waals surface area contributed by atoms with Gasteiger partial charge in [-0.15, -0.1) is 11.8 Å². The van der Waals surface area contributed by atoms with Gasteiger partial charge in [0.15, 0.2) is 0 Å². The van der Waals surface area contributed by atoms with Gasteiger partial charge in [0.1, 0.15) is 0 Å². The summed E-state index contributed by atoms with van der Waals surface area (Å²) in [6.45, 7) is 1.94. The van der Waals surface area contributed by atoms with Crippen molar-refractivity contribution in [3.63, 3.8) is 0 Å². The van der Waals surface area contributed by atoms with E-state index in [1.54, 1.807) is 0 Å². The fraction of sp³-hybridized carbons (Fsp3) is 0.462. The molecule has 0 saturated carbocycles. The molecule has 1 aliphatic heterocycles. The highest BCUT2D eigenvalue weighted by Crippen LogP contribution is 2.39. The van der Waals surface area contributed by atoms with Gasteiger partial charge in [-0.25, -0.2) is 0 Å². The van der Waals surface area contributed by atoms with Crippen LogP contribution in [-0.4, -0.2) is 30.8 Å². The lowest BCUT2D eigenvalue weighted by molar-refractivity contribution is 0.326. The standard InChI is InChI=1S/C13H16N2S/c1-15(8-4-7-14)9-11-10-16-13-6-3-2-5-12(11)13/h2-3,5-6,11H,4,8-10H2,1H3. The summed E-state index contributed by atoms with van der Waals surface area (Å²) < 4.78 is 0. The predicted octanol–water partition coefficient (Wildman–Crippen LogP) is 2.72. The molecule has 2 nitrogen and oxygen atoms in total. The molecule has 0 N–H and O–H groups in total. The third kappa shape index (κ3) is 2.58. The van der Waals surface area contributed by atoms with Crippen molar-refractivity contribution in [3.8, 4) is 6.07 Å². The molecular formula is C13H16N2S. The first-order valence-corrected chi connectivity index (χ1v) is 6.57. The molecule has 2 rings (SSSR count). The molecule has 0 aliphatic carbocycles. The predicted molar refractivity (Wildman–Crippen MR) is 67.6 cm³/mol. The van der Waals surface area contributed by atoms with Crippen LogP contribution < -0.4 is 0 Å². The summed E-state index contributed by atoms with van der Waals surface area (Å²) in [4.78, 5) is 3.69. The number of fused-ring (bicyclic) bond motifs is 1. The Balaban J connectivity index is 1.96. The van der Waals surface area contributed by atoms with Crippen LogP contribution in [0.2, 0.25) is 0 Å². The van der Waals surface area contributed by atoms with Crippen molar-refractivity contribution in [1.82, 2.24) is 4.90 Å². The van der Waals surface area contributed by atoms with E-state index < -0.39 is 0 Å². The molecule has 0 saturated heterocycles. The Bertz CT molecular complexity index is 397. The molecule has 3 heteroatoms. The van der Waals surface area contributed by atoms with Gasteiger partial charge in [-0.1, -0.05) is 18.2 Å². The summed E-state index contributed by atoms with van der Waals surface area (Å²) >= 11 is 1.95. The number of benzene rings is 1. The van der Waals surface area contributed by atoms with Gasteiger partial charge in [-0.2, -0.15) is 5.26 Å². The average Bonchev–Trinajstić information content (AvgIpc) is 2.70. The van der Waals surface area contributed by atoms with Gasteiger partial charge in [0, 0.05) is 36.1 Å². The smallest absolute Gasteiger partial charge is 0.0635 e. The van der Waals surface area contributed by atoms with Gasteiger partial charge in [-0.05, 0) is 18.7 Å². The second kappa shape index (κ2) is 5.38. The zero-order valence-corrected chi connectivity index (χ0v) is 10.3. The van der Waals surface area contributed by atoms with Crippen molar-refractivity contribution in [2.75, 3.05) is 25.9 Å². The van der Waals surface area contributed by atoms with Crippen LogP contribution in [0.5, 0.6) is 0 Å². The van der Waals surface area contributed by atoms with Crippen LogP contribution in [-0.2, 0) is 0 Å². The molecule has 1 unspecified atom stereocenters. The minimum Gasteiger partial charge on any atom is -0.305 e. The van der Waals surface area contributed by atoms with Crippen LogP contribution in [0, 0.1) is 11.3 Å². The molecule has 0 aromatic heterocycles. The van der Waals surface area contributed by atoms with E-state index in [1.807, 2.05) is 11.8 Å². The number of nitrogens with zero attached hydrogens (tertiary/aromatic N) is 2. The van der Waals surface area contributed by atoms with Gasteiger partial charge in [0.2, 0.25) is 0 Å². The maximum absolute atomic E-state index is 8.55. The Labute approximate surface area is 101 Å². The zero-order chi connectivity index (χ0) is 11.4. The maximum Gasteiger partial charge on any atom is 0.0635 e. The lowest BCUT2D eigenvalue weighted by atomic mass is 10.0. The van der Waals surface area contributed by atoms with Crippen LogP contribution >= 0.6 is 11.8 Å². The molecule has 0 spiro atoms. The fourth-order valence-electron chi connectivity index (χ4n) is 2.09. The number of likely N-dealkylation sites (N-methyl/N-ethyl adjacent to an activating group) is 1. The third-order valence-corrected chi connectivity index (χ3v) is 4.19. The molecule has 0 bridgehead atoms. The van der Waals surface area contributed by atoms with Crippen molar-refractivity contribution in [1.29, 1.82) is 5.26 Å². The van der Waals surface area contributed by atoms with E-state index in [0.29, 0.717) is 12.3 Å². The molecule has 1 aromatic carbocycles. The highest BCUT2D eigenvalue weighted by atomic mass is 32.2. The van der Waals surface area contributed by atoms with Gasteiger partial charge < -0.3 is 4.90 Å². The van der Waals surface area contributed by atoms with Crippen LogP contribution in [0.1, 0.15) is 17.9 Å². The minimum absolute atomic E-state index is 0.623. The van der Waals surface area contributed by atoms with Crippen LogP contribution in [0.3, 0.4) is 0 Å². The van der Waals surface area contributed by atoms with Crippen LogP contribution in [0.4, 0.5) is 0 Å². The third-order valence-electron chi connectivity index (χ3n) is 2.94. The van der Waals surface area contributed by atoms with E-state index in [-0.39, 0.29) is 0 Å². The van der Waals surface area contributed by atoms with Gasteiger partial charge in [-0.3, -0.25) is 0 Å². The largest absolute Gasteiger partial charge is 0.305 e. The first kappa shape index (κ1) is 11.5. The average molecular weight is 232 g/mol. The fourth-order valence-corrected chi connectivity index (χ4v) is 3.33. The van der Waals surface area contributed by atoms with E-state index in [9.17, 15) is 0 Å². The van der Waals surface area contributed by atoms with E-state index >= 15 is 0 Å². The summed E-state index contributed by atoms with van der Waals surface area (Å²) in [5.74, 6) is 1.81. The SMILES string of the molecule is CN(CCC#N)CC1CSc2ccccc21. The lowest BCUT2D eigenvalue weighted by Crippen LogP contribution is -2.25. The number of rotatable bonds is 4. The van der Waals surface area contributed by atoms with Crippen molar-refractivity contribution in [2.45, 2.75) is 17.2 Å². The molecule has 0 radical (unpaired) electrons. The Morgan fingerprint density at radius 1 is 1.50 bits per heavy atom. The van der Waals surface area contributed by atoms with Crippen molar-refractivity contribution < 1.29 is 0 Å². The van der Waals surface area contributed by atoms with Crippen molar-refractivity contribution in [2.24, 2.45) is 0 Å². The highest BCUT2D eigenvalue weighted by Gasteiger charge is 2.23. The maximum atomic E-state index is 8.55. The van der Waals surface area contributed by atoms with Crippen molar-refractivity contribution >= 4 is 11.8 Å². The first-order chi connectivity index (χ1) is 7.81. The minimum atomic E-state index is 0.623. The Hall–Kier alpha value is -0.980. The quantitative estimate of drug-likeness (QED) is 0.798. The summed E-state index contributed by atoms with van der Waals surface area (Å²) in [5, 5.41) is 8.55. The van der Waals surface area contributed by atoms with E-state index in [2.05, 4.69) is 42.3 Å². The number of hydrogen-bond acceptors (Lipinski definition) is 3. The van der Waals surface area contributed by atoms with Gasteiger partial charge in [0.05, 0.1) is 6.07 Å². The number of thioether (sulfide) groups is 1. The molecule has 16 heavy (non-hydrogen) atoms. The molecule has 1 aromatic rings. The summed E-state index contributed by atoms with van der Waals surface area (Å²) in [6, 6.07) is 10.9. The zero-order valence-electron chi connectivity index (χ0n) is 9.52. The van der Waals surface area contributed by atoms with Crippen LogP contribution in [0.15, 0.2) is 29.2 Å². The second-order valence-electron chi connectivity index (χ2n) is 4.22. The normalized spacial score (nSPS) is 18.4. The Kier molecular flexibility index (Phi) is 3.87. The summed E-state index contributed by atoms with van der Waals surface area (Å²) in [6.07, 6.45) is 0.623. The Morgan fingerprint density at radius 3 is 3.12 bits per heavy atom. The molecule has 84 valence electrons. The topological polar surface area (TPSA) is 27.0 Å². The molecular weight excluding hydrogens is 216 g/mol.